The first-order valence-corrected chi connectivity index (χ1v) is 13.7. The van der Waals surface area contributed by atoms with Crippen LogP contribution < -0.4 is 10.1 Å². The third-order valence-corrected chi connectivity index (χ3v) is 7.32. The topological polar surface area (TPSA) is 85.5 Å². The van der Waals surface area contributed by atoms with Gasteiger partial charge in [0.15, 0.2) is 5.75 Å². The summed E-state index contributed by atoms with van der Waals surface area (Å²) in [4.78, 5) is 15.9. The number of rotatable bonds is 7. The minimum absolute atomic E-state index is 0.725. The Morgan fingerprint density at radius 2 is 1.78 bits per heavy atom. The van der Waals surface area contributed by atoms with Crippen LogP contribution in [0.1, 0.15) is 11.3 Å². The zero-order valence-corrected chi connectivity index (χ0v) is 22.7. The van der Waals surface area contributed by atoms with Crippen molar-refractivity contribution in [3.05, 3.63) is 103 Å². The predicted molar refractivity (Wildman–Crippen MR) is 160 cm³/mol. The molecule has 0 amide bonds. The van der Waals surface area contributed by atoms with Crippen LogP contribution >= 0.6 is 0 Å². The number of fused-ring (bicyclic) bond motifs is 2. The lowest BCUT2D eigenvalue weighted by Crippen LogP contribution is -2.35. The standard InChI is InChI=1S/C33H29N5O3/c1-22-18-25(8-11-29(22)41-31-6-2-4-23-5-3-13-34-32(23)31)37-33-27-19-24(7-10-28(27)35-21-36-33)30-12-9-26(40-30)20-38-14-16-39-17-15-38/h2-13,18-19,21H,14-17,20H2,1H3,(H,35,36,37). The van der Waals surface area contributed by atoms with E-state index in [-0.39, 0.29) is 0 Å². The molecule has 8 nitrogen and oxygen atoms in total. The van der Waals surface area contributed by atoms with Gasteiger partial charge in [-0.15, -0.1) is 0 Å². The molecule has 0 saturated carbocycles. The molecule has 3 aromatic heterocycles. The zero-order chi connectivity index (χ0) is 27.6. The van der Waals surface area contributed by atoms with E-state index in [1.54, 1.807) is 12.5 Å². The van der Waals surface area contributed by atoms with Gasteiger partial charge in [-0.2, -0.15) is 0 Å². The first-order valence-electron chi connectivity index (χ1n) is 13.7. The Labute approximate surface area is 237 Å². The molecule has 0 aliphatic carbocycles. The summed E-state index contributed by atoms with van der Waals surface area (Å²) in [6.45, 7) is 6.19. The van der Waals surface area contributed by atoms with E-state index in [2.05, 4.69) is 43.4 Å². The van der Waals surface area contributed by atoms with Gasteiger partial charge in [-0.05, 0) is 73.2 Å². The Kier molecular flexibility index (Phi) is 6.76. The summed E-state index contributed by atoms with van der Waals surface area (Å²) >= 11 is 0. The molecule has 1 N–H and O–H groups in total. The van der Waals surface area contributed by atoms with Gasteiger partial charge in [-0.1, -0.05) is 18.2 Å². The average Bonchev–Trinajstić information content (AvgIpc) is 3.47. The van der Waals surface area contributed by atoms with Gasteiger partial charge >= 0.3 is 0 Å². The maximum atomic E-state index is 6.28. The van der Waals surface area contributed by atoms with Crippen LogP contribution in [0.5, 0.6) is 11.5 Å². The van der Waals surface area contributed by atoms with Crippen LogP contribution in [0, 0.1) is 6.92 Å². The van der Waals surface area contributed by atoms with E-state index < -0.39 is 0 Å². The second-order valence-electron chi connectivity index (χ2n) is 10.1. The summed E-state index contributed by atoms with van der Waals surface area (Å²) < 4.78 is 18.0. The second-order valence-corrected chi connectivity index (χ2v) is 10.1. The lowest BCUT2D eigenvalue weighted by molar-refractivity contribution is 0.0314. The maximum absolute atomic E-state index is 6.28. The normalized spacial score (nSPS) is 14.0. The molecule has 7 rings (SSSR count). The lowest BCUT2D eigenvalue weighted by atomic mass is 10.1. The Bertz CT molecular complexity index is 1840. The smallest absolute Gasteiger partial charge is 0.153 e. The number of aromatic nitrogens is 3. The Balaban J connectivity index is 1.12. The predicted octanol–water partition coefficient (Wildman–Crippen LogP) is 7.11. The largest absolute Gasteiger partial charge is 0.460 e. The van der Waals surface area contributed by atoms with Crippen molar-refractivity contribution in [2.75, 3.05) is 31.6 Å². The number of nitrogens with one attached hydrogen (secondary N) is 1. The van der Waals surface area contributed by atoms with Crippen LogP contribution in [-0.2, 0) is 11.3 Å². The number of anilines is 2. The molecule has 1 fully saturated rings. The van der Waals surface area contributed by atoms with Crippen LogP contribution in [0.15, 0.2) is 95.8 Å². The van der Waals surface area contributed by atoms with Crippen molar-refractivity contribution in [1.29, 1.82) is 0 Å². The van der Waals surface area contributed by atoms with Crippen molar-refractivity contribution in [1.82, 2.24) is 19.9 Å². The Morgan fingerprint density at radius 3 is 2.68 bits per heavy atom. The van der Waals surface area contributed by atoms with Crippen LogP contribution in [0.25, 0.3) is 33.1 Å². The lowest BCUT2D eigenvalue weighted by Gasteiger charge is -2.25. The maximum Gasteiger partial charge on any atom is 0.153 e. The molecule has 6 aromatic rings. The number of para-hydroxylation sites is 1. The minimum Gasteiger partial charge on any atom is -0.460 e. The van der Waals surface area contributed by atoms with Gasteiger partial charge in [0.1, 0.15) is 34.9 Å². The van der Waals surface area contributed by atoms with E-state index in [9.17, 15) is 0 Å². The summed E-state index contributed by atoms with van der Waals surface area (Å²) in [6, 6.07) is 26.1. The minimum atomic E-state index is 0.725. The van der Waals surface area contributed by atoms with Gasteiger partial charge < -0.3 is 19.2 Å². The second kappa shape index (κ2) is 11.0. The molecule has 1 aliphatic rings. The molecule has 0 atom stereocenters. The van der Waals surface area contributed by atoms with Crippen LogP contribution in [0.3, 0.4) is 0 Å². The van der Waals surface area contributed by atoms with Crippen molar-refractivity contribution >= 4 is 33.3 Å². The number of morpholine rings is 1. The summed E-state index contributed by atoms with van der Waals surface area (Å²) in [5, 5.41) is 5.43. The van der Waals surface area contributed by atoms with E-state index in [1.807, 2.05) is 67.6 Å². The van der Waals surface area contributed by atoms with Crippen molar-refractivity contribution in [3.63, 3.8) is 0 Å². The molecule has 204 valence electrons. The Morgan fingerprint density at radius 1 is 0.878 bits per heavy atom. The molecular weight excluding hydrogens is 514 g/mol. The average molecular weight is 544 g/mol. The number of pyridine rings is 1. The molecule has 1 aliphatic heterocycles. The molecule has 0 unspecified atom stereocenters. The molecule has 1 saturated heterocycles. The van der Waals surface area contributed by atoms with Crippen LogP contribution in [0.2, 0.25) is 0 Å². The fourth-order valence-corrected chi connectivity index (χ4v) is 5.16. The van der Waals surface area contributed by atoms with Crippen molar-refractivity contribution in [2.24, 2.45) is 0 Å². The summed E-state index contributed by atoms with van der Waals surface area (Å²) in [5.74, 6) is 4.00. The van der Waals surface area contributed by atoms with E-state index in [0.717, 1.165) is 100 Å². The van der Waals surface area contributed by atoms with Gasteiger partial charge in [0, 0.05) is 41.3 Å². The molecule has 0 radical (unpaired) electrons. The zero-order valence-electron chi connectivity index (χ0n) is 22.7. The van der Waals surface area contributed by atoms with Gasteiger partial charge in [-0.25, -0.2) is 9.97 Å². The highest BCUT2D eigenvalue weighted by molar-refractivity contribution is 5.93. The number of aryl methyl sites for hydroxylation is 1. The fourth-order valence-electron chi connectivity index (χ4n) is 5.16. The summed E-state index contributed by atoms with van der Waals surface area (Å²) in [5.41, 5.74) is 4.57. The highest BCUT2D eigenvalue weighted by Crippen LogP contribution is 2.34. The monoisotopic (exact) mass is 543 g/mol. The highest BCUT2D eigenvalue weighted by Gasteiger charge is 2.15. The molecule has 8 heteroatoms. The third-order valence-electron chi connectivity index (χ3n) is 7.32. The van der Waals surface area contributed by atoms with Gasteiger partial charge in [-0.3, -0.25) is 9.88 Å². The number of hydrogen-bond acceptors (Lipinski definition) is 8. The molecule has 0 spiro atoms. The van der Waals surface area contributed by atoms with Gasteiger partial charge in [0.2, 0.25) is 0 Å². The Hall–Kier alpha value is -4.79. The molecule has 3 aromatic carbocycles. The molecule has 0 bridgehead atoms. The van der Waals surface area contributed by atoms with Crippen LogP contribution in [0.4, 0.5) is 11.5 Å². The SMILES string of the molecule is Cc1cc(Nc2ncnc3ccc(-c4ccc(CN5CCOCC5)o4)cc23)ccc1Oc1cccc2cccnc12. The van der Waals surface area contributed by atoms with Crippen molar-refractivity contribution < 1.29 is 13.9 Å². The number of hydrogen-bond donors (Lipinski definition) is 1. The third kappa shape index (κ3) is 5.35. The first-order chi connectivity index (χ1) is 20.2. The van der Waals surface area contributed by atoms with Crippen molar-refractivity contribution in [3.8, 4) is 22.8 Å². The fraction of sp³-hybridized carbons (Fsp3) is 0.182. The van der Waals surface area contributed by atoms with E-state index >= 15 is 0 Å². The number of benzene rings is 3. The molecule has 4 heterocycles. The van der Waals surface area contributed by atoms with E-state index in [0.29, 0.717) is 0 Å². The van der Waals surface area contributed by atoms with Gasteiger partial charge in [0.25, 0.3) is 0 Å². The van der Waals surface area contributed by atoms with E-state index in [1.165, 1.54) is 0 Å². The van der Waals surface area contributed by atoms with Crippen LogP contribution in [-0.4, -0.2) is 46.2 Å². The molecule has 41 heavy (non-hydrogen) atoms. The quantitative estimate of drug-likeness (QED) is 0.228. The van der Waals surface area contributed by atoms with E-state index in [4.69, 9.17) is 13.9 Å². The highest BCUT2D eigenvalue weighted by atomic mass is 16.5. The molecular formula is C33H29N5O3. The number of ether oxygens (including phenoxy) is 2. The summed E-state index contributed by atoms with van der Waals surface area (Å²) in [7, 11) is 0. The first kappa shape index (κ1) is 25.2. The number of nitrogens with zero attached hydrogens (tertiary/aromatic N) is 4. The number of furan rings is 1. The van der Waals surface area contributed by atoms with Gasteiger partial charge in [0.05, 0.1) is 25.3 Å². The van der Waals surface area contributed by atoms with Crippen molar-refractivity contribution in [2.45, 2.75) is 13.5 Å². The summed E-state index contributed by atoms with van der Waals surface area (Å²) in [6.07, 6.45) is 3.36.